The van der Waals surface area contributed by atoms with Crippen LogP contribution in [0.4, 0.5) is 5.69 Å². The molecular weight excluding hydrogens is 547 g/mol. The molecule has 4 aromatic rings. The summed E-state index contributed by atoms with van der Waals surface area (Å²) in [7, 11) is 0. The minimum absolute atomic E-state index is 0.0421. The van der Waals surface area contributed by atoms with Gasteiger partial charge < -0.3 is 4.74 Å². The third-order valence-corrected chi connectivity index (χ3v) is 7.79. The fourth-order valence-corrected chi connectivity index (χ4v) is 5.50. The van der Waals surface area contributed by atoms with E-state index in [0.29, 0.717) is 39.0 Å². The lowest BCUT2D eigenvalue weighted by Crippen LogP contribution is -2.31. The molecule has 0 atom stereocenters. The largest absolute Gasteiger partial charge is 0.489 e. The van der Waals surface area contributed by atoms with Crippen molar-refractivity contribution in [2.24, 2.45) is 4.99 Å². The van der Waals surface area contributed by atoms with Gasteiger partial charge in [-0.15, -0.1) is 0 Å². The van der Waals surface area contributed by atoms with Gasteiger partial charge in [0.1, 0.15) is 12.4 Å². The van der Waals surface area contributed by atoms with Crippen LogP contribution in [0.3, 0.4) is 0 Å². The molecule has 4 nitrogen and oxygen atoms in total. The van der Waals surface area contributed by atoms with Gasteiger partial charge in [-0.1, -0.05) is 89.4 Å². The molecule has 1 aliphatic rings. The molecule has 7 heteroatoms. The van der Waals surface area contributed by atoms with Gasteiger partial charge in [0.05, 0.1) is 10.6 Å². The molecule has 39 heavy (non-hydrogen) atoms. The standard InChI is InChI=1S/C32H26Cl2N2O2S/c1-22-7-13-27(14-8-22)35-32-36(18-17-23-5-3-2-4-6-23)31(37)30(39-32)19-24-9-15-28(16-10-24)38-21-25-11-12-26(33)20-29(25)34/h2-16,19-20H,17-18,21H2,1H3/b30-19+,35-32?. The van der Waals surface area contributed by atoms with E-state index in [9.17, 15) is 4.79 Å². The number of ether oxygens (including phenoxy) is 1. The van der Waals surface area contributed by atoms with Crippen molar-refractivity contribution in [2.45, 2.75) is 20.0 Å². The number of halogens is 2. The lowest BCUT2D eigenvalue weighted by atomic mass is 10.1. The zero-order chi connectivity index (χ0) is 27.2. The van der Waals surface area contributed by atoms with Crippen LogP contribution in [0.15, 0.2) is 107 Å². The molecule has 0 aliphatic carbocycles. The second-order valence-corrected chi connectivity index (χ2v) is 11.0. The summed E-state index contributed by atoms with van der Waals surface area (Å²) in [6.45, 7) is 2.93. The number of benzene rings is 4. The Hall–Kier alpha value is -3.51. The molecule has 0 spiro atoms. The maximum Gasteiger partial charge on any atom is 0.266 e. The Labute approximate surface area is 242 Å². The monoisotopic (exact) mass is 572 g/mol. The maximum absolute atomic E-state index is 13.5. The molecule has 1 heterocycles. The van der Waals surface area contributed by atoms with Crippen LogP contribution in [0.2, 0.25) is 10.0 Å². The van der Waals surface area contributed by atoms with Crippen molar-refractivity contribution >= 4 is 57.8 Å². The van der Waals surface area contributed by atoms with E-state index in [1.807, 2.05) is 85.8 Å². The zero-order valence-corrected chi connectivity index (χ0v) is 23.6. The highest BCUT2D eigenvalue weighted by molar-refractivity contribution is 8.18. The molecule has 4 aromatic carbocycles. The van der Waals surface area contributed by atoms with Crippen LogP contribution in [0.25, 0.3) is 6.08 Å². The number of hydrogen-bond donors (Lipinski definition) is 0. The Kier molecular flexibility index (Phi) is 8.72. The number of carbonyl (C=O) groups excluding carboxylic acids is 1. The summed E-state index contributed by atoms with van der Waals surface area (Å²) in [5.74, 6) is 0.666. The second kappa shape index (κ2) is 12.6. The minimum Gasteiger partial charge on any atom is -0.489 e. The highest BCUT2D eigenvalue weighted by Gasteiger charge is 2.33. The topological polar surface area (TPSA) is 41.9 Å². The summed E-state index contributed by atoms with van der Waals surface area (Å²) < 4.78 is 5.89. The molecule has 1 fully saturated rings. The highest BCUT2D eigenvalue weighted by Crippen LogP contribution is 2.34. The second-order valence-electron chi connectivity index (χ2n) is 9.13. The highest BCUT2D eigenvalue weighted by atomic mass is 35.5. The molecular formula is C32H26Cl2N2O2S. The number of carbonyl (C=O) groups is 1. The van der Waals surface area contributed by atoms with Gasteiger partial charge in [0, 0.05) is 22.2 Å². The fourth-order valence-electron chi connectivity index (χ4n) is 4.02. The smallest absolute Gasteiger partial charge is 0.266 e. The Morgan fingerprint density at radius 2 is 1.67 bits per heavy atom. The van der Waals surface area contributed by atoms with E-state index in [-0.39, 0.29) is 5.91 Å². The van der Waals surface area contributed by atoms with E-state index in [1.54, 1.807) is 17.0 Å². The van der Waals surface area contributed by atoms with Crippen LogP contribution in [-0.4, -0.2) is 22.5 Å². The normalized spacial score (nSPS) is 15.4. The van der Waals surface area contributed by atoms with Crippen molar-refractivity contribution in [3.63, 3.8) is 0 Å². The molecule has 1 saturated heterocycles. The van der Waals surface area contributed by atoms with Gasteiger partial charge in [0.25, 0.3) is 5.91 Å². The van der Waals surface area contributed by atoms with Crippen LogP contribution in [-0.2, 0) is 17.8 Å². The fraction of sp³-hybridized carbons (Fsp3) is 0.125. The van der Waals surface area contributed by atoms with Crippen molar-refractivity contribution in [1.29, 1.82) is 0 Å². The van der Waals surface area contributed by atoms with Gasteiger partial charge in [-0.2, -0.15) is 0 Å². The molecule has 0 bridgehead atoms. The number of aliphatic imine (C=N–C) groups is 1. The van der Waals surface area contributed by atoms with Crippen molar-refractivity contribution in [3.8, 4) is 5.75 Å². The van der Waals surface area contributed by atoms with Crippen molar-refractivity contribution < 1.29 is 9.53 Å². The number of amidine groups is 1. The summed E-state index contributed by atoms with van der Waals surface area (Å²) in [6, 6.07) is 31.1. The number of thioether (sulfide) groups is 1. The number of hydrogen-bond acceptors (Lipinski definition) is 4. The van der Waals surface area contributed by atoms with E-state index in [0.717, 1.165) is 23.2 Å². The third-order valence-electron chi connectivity index (χ3n) is 6.20. The van der Waals surface area contributed by atoms with Crippen LogP contribution in [0.5, 0.6) is 5.75 Å². The Morgan fingerprint density at radius 3 is 2.38 bits per heavy atom. The first-order chi connectivity index (χ1) is 18.9. The Bertz CT molecular complexity index is 1520. The van der Waals surface area contributed by atoms with Gasteiger partial charge in [-0.05, 0) is 78.7 Å². The van der Waals surface area contributed by atoms with Gasteiger partial charge in [-0.25, -0.2) is 4.99 Å². The van der Waals surface area contributed by atoms with Crippen LogP contribution in [0, 0.1) is 6.92 Å². The lowest BCUT2D eigenvalue weighted by molar-refractivity contribution is -0.122. The molecule has 1 amide bonds. The molecule has 196 valence electrons. The minimum atomic E-state index is -0.0421. The molecule has 5 rings (SSSR count). The van der Waals surface area contributed by atoms with Crippen LogP contribution in [0.1, 0.15) is 22.3 Å². The van der Waals surface area contributed by atoms with E-state index in [4.69, 9.17) is 32.9 Å². The van der Waals surface area contributed by atoms with Gasteiger partial charge in [0.15, 0.2) is 5.17 Å². The summed E-state index contributed by atoms with van der Waals surface area (Å²) >= 11 is 13.6. The molecule has 0 saturated carbocycles. The lowest BCUT2D eigenvalue weighted by Gasteiger charge is -2.15. The van der Waals surface area contributed by atoms with Crippen molar-refractivity contribution in [2.75, 3.05) is 6.54 Å². The molecule has 0 radical (unpaired) electrons. The van der Waals surface area contributed by atoms with E-state index in [1.165, 1.54) is 22.9 Å². The van der Waals surface area contributed by atoms with Crippen LogP contribution >= 0.6 is 35.0 Å². The average Bonchev–Trinajstić information content (AvgIpc) is 3.23. The summed E-state index contributed by atoms with van der Waals surface area (Å²) in [5.41, 5.74) is 4.93. The van der Waals surface area contributed by atoms with E-state index < -0.39 is 0 Å². The Morgan fingerprint density at radius 1 is 0.923 bits per heavy atom. The molecule has 0 aromatic heterocycles. The quantitative estimate of drug-likeness (QED) is 0.198. The number of aryl methyl sites for hydroxylation is 1. The summed E-state index contributed by atoms with van der Waals surface area (Å²) in [6.07, 6.45) is 2.65. The van der Waals surface area contributed by atoms with Gasteiger partial charge in [-0.3, -0.25) is 9.69 Å². The predicted molar refractivity (Wildman–Crippen MR) is 163 cm³/mol. The molecule has 0 unspecified atom stereocenters. The average molecular weight is 574 g/mol. The molecule has 0 N–H and O–H groups in total. The first kappa shape index (κ1) is 27.1. The van der Waals surface area contributed by atoms with E-state index in [2.05, 4.69) is 12.1 Å². The number of amides is 1. The SMILES string of the molecule is Cc1ccc(N=C2S/C(=C/c3ccc(OCc4ccc(Cl)cc4Cl)cc3)C(=O)N2CCc2ccccc2)cc1. The first-order valence-corrected chi connectivity index (χ1v) is 14.1. The van der Waals surface area contributed by atoms with Crippen molar-refractivity contribution in [1.82, 2.24) is 4.90 Å². The van der Waals surface area contributed by atoms with Gasteiger partial charge in [0.2, 0.25) is 0 Å². The first-order valence-electron chi connectivity index (χ1n) is 12.5. The zero-order valence-electron chi connectivity index (χ0n) is 21.3. The summed E-state index contributed by atoms with van der Waals surface area (Å²) in [4.78, 5) is 20.7. The summed E-state index contributed by atoms with van der Waals surface area (Å²) in [5, 5.41) is 1.84. The maximum atomic E-state index is 13.5. The van der Waals surface area contributed by atoms with Crippen molar-refractivity contribution in [3.05, 3.63) is 134 Å². The van der Waals surface area contributed by atoms with Crippen LogP contribution < -0.4 is 4.74 Å². The molecule has 1 aliphatic heterocycles. The predicted octanol–water partition coefficient (Wildman–Crippen LogP) is 8.73. The van der Waals surface area contributed by atoms with E-state index >= 15 is 0 Å². The number of rotatable bonds is 8. The third kappa shape index (κ3) is 7.12. The Balaban J connectivity index is 1.32. The number of nitrogens with zero attached hydrogens (tertiary/aromatic N) is 2. The van der Waals surface area contributed by atoms with Gasteiger partial charge >= 0.3 is 0 Å².